The lowest BCUT2D eigenvalue weighted by Gasteiger charge is -2.46. The van der Waals surface area contributed by atoms with Gasteiger partial charge in [-0.05, 0) is 19.3 Å². The Balaban J connectivity index is 1.97. The summed E-state index contributed by atoms with van der Waals surface area (Å²) in [5, 5.41) is 85.9. The Morgan fingerprint density at radius 2 is 1.19 bits per heavy atom. The molecule has 12 unspecified atom stereocenters. The minimum atomic E-state index is -1.78. The van der Waals surface area contributed by atoms with Gasteiger partial charge in [-0.3, -0.25) is 4.79 Å². The van der Waals surface area contributed by atoms with Crippen LogP contribution in [-0.2, 0) is 23.7 Å². The molecule has 2 aliphatic heterocycles. The quantitative estimate of drug-likeness (QED) is 0.0413. The fourth-order valence-corrected chi connectivity index (χ4v) is 6.58. The molecule has 0 aromatic carbocycles. The van der Waals surface area contributed by atoms with Crippen LogP contribution in [0.1, 0.15) is 129 Å². The zero-order valence-electron chi connectivity index (χ0n) is 31.6. The topological polar surface area (TPSA) is 228 Å². The minimum Gasteiger partial charge on any atom is -0.394 e. The smallest absolute Gasteiger partial charge is 0.220 e. The van der Waals surface area contributed by atoms with E-state index in [2.05, 4.69) is 19.2 Å². The Bertz CT molecular complexity index is 941. The normalized spacial score (nSPS) is 30.8. The summed E-state index contributed by atoms with van der Waals surface area (Å²) in [4.78, 5) is 12.9. The molecule has 2 fully saturated rings. The summed E-state index contributed by atoms with van der Waals surface area (Å²) in [5.41, 5.74) is 0. The highest BCUT2D eigenvalue weighted by Gasteiger charge is 2.50. The Morgan fingerprint density at radius 1 is 0.673 bits per heavy atom. The molecule has 14 nitrogen and oxygen atoms in total. The first-order chi connectivity index (χ1) is 25.1. The van der Waals surface area contributed by atoms with E-state index in [-0.39, 0.29) is 18.9 Å². The van der Waals surface area contributed by atoms with Gasteiger partial charge in [0.2, 0.25) is 5.91 Å². The van der Waals surface area contributed by atoms with E-state index in [1.54, 1.807) is 6.08 Å². The molecule has 9 N–H and O–H groups in total. The maximum absolute atomic E-state index is 12.9. The molecule has 2 rings (SSSR count). The Kier molecular flexibility index (Phi) is 24.6. The molecule has 1 amide bonds. The third-order valence-electron chi connectivity index (χ3n) is 9.97. The average molecular weight is 750 g/mol. The van der Waals surface area contributed by atoms with Gasteiger partial charge in [0.1, 0.15) is 48.8 Å². The van der Waals surface area contributed by atoms with Gasteiger partial charge in [0.05, 0.1) is 32.0 Å². The molecule has 2 heterocycles. The van der Waals surface area contributed by atoms with E-state index in [0.29, 0.717) is 6.42 Å². The van der Waals surface area contributed by atoms with Gasteiger partial charge in [0, 0.05) is 6.42 Å². The lowest BCUT2D eigenvalue weighted by atomic mass is 9.97. The maximum Gasteiger partial charge on any atom is 0.220 e. The molecule has 0 spiro atoms. The number of allylic oxidation sites excluding steroid dienone is 1. The van der Waals surface area contributed by atoms with Gasteiger partial charge in [0.25, 0.3) is 0 Å². The van der Waals surface area contributed by atoms with Gasteiger partial charge in [-0.1, -0.05) is 116 Å². The van der Waals surface area contributed by atoms with Gasteiger partial charge in [-0.25, -0.2) is 0 Å². The van der Waals surface area contributed by atoms with Crippen LogP contribution in [0.15, 0.2) is 12.2 Å². The predicted molar refractivity (Wildman–Crippen MR) is 194 cm³/mol. The first-order valence-electron chi connectivity index (χ1n) is 19.9. The van der Waals surface area contributed by atoms with Crippen LogP contribution in [0.3, 0.4) is 0 Å². The standard InChI is InChI=1S/C38H71NO13/c1-3-5-7-9-11-13-15-17-19-21-27(42)26(39-30(43)22-20-18-16-14-12-10-8-6-4-2)25-49-37-35(48)33(46)36(29(24-41)51-37)52-38-34(47)32(45)31(44)28(23-40)50-38/h19,21,26-29,31-38,40-42,44-48H,3-18,20,22-25H2,1-2H3,(H,39,43)/b21-19+. The van der Waals surface area contributed by atoms with E-state index in [0.717, 1.165) is 38.5 Å². The van der Waals surface area contributed by atoms with Crippen molar-refractivity contribution in [1.29, 1.82) is 0 Å². The van der Waals surface area contributed by atoms with Crippen LogP contribution in [0.2, 0.25) is 0 Å². The first kappa shape index (κ1) is 46.9. The van der Waals surface area contributed by atoms with Crippen molar-refractivity contribution in [3.8, 4) is 0 Å². The number of hydrogen-bond donors (Lipinski definition) is 9. The highest BCUT2D eigenvalue weighted by molar-refractivity contribution is 5.76. The van der Waals surface area contributed by atoms with Gasteiger partial charge in [0.15, 0.2) is 12.6 Å². The number of aliphatic hydroxyl groups excluding tert-OH is 8. The van der Waals surface area contributed by atoms with Gasteiger partial charge in [-0.2, -0.15) is 0 Å². The van der Waals surface area contributed by atoms with E-state index < -0.39 is 86.8 Å². The molecule has 12 atom stereocenters. The molecule has 0 aromatic rings. The molecule has 2 saturated heterocycles. The van der Waals surface area contributed by atoms with Crippen LogP contribution in [0.4, 0.5) is 0 Å². The third-order valence-corrected chi connectivity index (χ3v) is 9.97. The molecule has 52 heavy (non-hydrogen) atoms. The second-order valence-electron chi connectivity index (χ2n) is 14.4. The molecule has 2 aliphatic rings. The van der Waals surface area contributed by atoms with E-state index in [4.69, 9.17) is 18.9 Å². The van der Waals surface area contributed by atoms with Crippen LogP contribution in [0.5, 0.6) is 0 Å². The number of carbonyl (C=O) groups excluding carboxylic acids is 1. The highest BCUT2D eigenvalue weighted by atomic mass is 16.7. The molecule has 0 saturated carbocycles. The molecule has 0 aliphatic carbocycles. The van der Waals surface area contributed by atoms with Gasteiger partial charge < -0.3 is 65.1 Å². The van der Waals surface area contributed by atoms with Crippen LogP contribution >= 0.6 is 0 Å². The summed E-state index contributed by atoms with van der Waals surface area (Å²) in [6.45, 7) is 2.68. The Morgan fingerprint density at radius 3 is 1.77 bits per heavy atom. The van der Waals surface area contributed by atoms with E-state index in [1.165, 1.54) is 64.2 Å². The number of ether oxygens (including phenoxy) is 4. The number of aliphatic hydroxyl groups is 8. The number of amides is 1. The zero-order chi connectivity index (χ0) is 38.3. The monoisotopic (exact) mass is 749 g/mol. The van der Waals surface area contributed by atoms with Crippen LogP contribution < -0.4 is 5.32 Å². The summed E-state index contributed by atoms with van der Waals surface area (Å²) in [6.07, 6.45) is 5.79. The van der Waals surface area contributed by atoms with Crippen molar-refractivity contribution in [3.63, 3.8) is 0 Å². The fraction of sp³-hybridized carbons (Fsp3) is 0.921. The summed E-state index contributed by atoms with van der Waals surface area (Å²) in [7, 11) is 0. The van der Waals surface area contributed by atoms with Gasteiger partial charge >= 0.3 is 0 Å². The number of carbonyl (C=O) groups is 1. The Hall–Kier alpha value is -1.27. The molecular formula is C38H71NO13. The summed E-state index contributed by atoms with van der Waals surface area (Å²) in [5.74, 6) is -0.248. The predicted octanol–water partition coefficient (Wildman–Crippen LogP) is 2.09. The summed E-state index contributed by atoms with van der Waals surface area (Å²) in [6, 6.07) is -0.903. The van der Waals surface area contributed by atoms with Crippen LogP contribution in [0.25, 0.3) is 0 Å². The summed E-state index contributed by atoms with van der Waals surface area (Å²) < 4.78 is 22.5. The van der Waals surface area contributed by atoms with Crippen molar-refractivity contribution in [2.75, 3.05) is 19.8 Å². The van der Waals surface area contributed by atoms with Crippen molar-refractivity contribution in [2.45, 2.75) is 203 Å². The molecule has 14 heteroatoms. The van der Waals surface area contributed by atoms with Crippen molar-refractivity contribution in [1.82, 2.24) is 5.32 Å². The SMILES string of the molecule is CCCCCCCCC/C=C/C(O)C(COC1OC(CO)C(OC2OC(CO)C(O)C(O)C2O)C(O)C1O)NC(=O)CCCCCCCCCCC. The number of nitrogens with one attached hydrogen (secondary N) is 1. The van der Waals surface area contributed by atoms with Crippen molar-refractivity contribution >= 4 is 5.91 Å². The molecule has 0 aromatic heterocycles. The molecule has 306 valence electrons. The van der Waals surface area contributed by atoms with E-state index in [1.807, 2.05) is 6.08 Å². The van der Waals surface area contributed by atoms with Crippen molar-refractivity contribution < 1.29 is 64.6 Å². The molecule has 0 bridgehead atoms. The second kappa shape index (κ2) is 27.3. The van der Waals surface area contributed by atoms with Crippen LogP contribution in [0, 0.1) is 0 Å². The number of rotatable bonds is 28. The lowest BCUT2D eigenvalue weighted by Crippen LogP contribution is -2.65. The van der Waals surface area contributed by atoms with E-state index in [9.17, 15) is 45.6 Å². The van der Waals surface area contributed by atoms with Gasteiger partial charge in [-0.15, -0.1) is 0 Å². The van der Waals surface area contributed by atoms with Crippen LogP contribution in [-0.4, -0.2) is 140 Å². The fourth-order valence-electron chi connectivity index (χ4n) is 6.58. The van der Waals surface area contributed by atoms with Crippen molar-refractivity contribution in [2.24, 2.45) is 0 Å². The van der Waals surface area contributed by atoms with E-state index >= 15 is 0 Å². The average Bonchev–Trinajstić information content (AvgIpc) is 3.14. The first-order valence-corrected chi connectivity index (χ1v) is 19.9. The third kappa shape index (κ3) is 16.6. The van der Waals surface area contributed by atoms with Crippen molar-refractivity contribution in [3.05, 3.63) is 12.2 Å². The lowest BCUT2D eigenvalue weighted by molar-refractivity contribution is -0.359. The number of hydrogen-bond acceptors (Lipinski definition) is 13. The largest absolute Gasteiger partial charge is 0.394 e. The molecule has 0 radical (unpaired) electrons. The second-order valence-corrected chi connectivity index (χ2v) is 14.4. The maximum atomic E-state index is 12.9. The Labute approximate surface area is 310 Å². The number of unbranched alkanes of at least 4 members (excludes halogenated alkanes) is 15. The summed E-state index contributed by atoms with van der Waals surface area (Å²) >= 11 is 0. The highest BCUT2D eigenvalue weighted by Crippen LogP contribution is 2.29. The minimum absolute atomic E-state index is 0.248. The zero-order valence-corrected chi connectivity index (χ0v) is 31.6. The molecular weight excluding hydrogens is 678 g/mol.